The summed E-state index contributed by atoms with van der Waals surface area (Å²) in [5, 5.41) is 1.59. The van der Waals surface area contributed by atoms with Crippen LogP contribution >= 0.6 is 11.6 Å². The zero-order valence-corrected chi connectivity index (χ0v) is 6.50. The van der Waals surface area contributed by atoms with Gasteiger partial charge in [-0.2, -0.15) is 4.40 Å². The molecule has 1 aliphatic rings. The van der Waals surface area contributed by atoms with Crippen molar-refractivity contribution in [1.82, 2.24) is 0 Å². The predicted molar refractivity (Wildman–Crippen MR) is 40.1 cm³/mol. The highest BCUT2D eigenvalue weighted by atomic mass is 35.5. The van der Waals surface area contributed by atoms with Gasteiger partial charge in [-0.05, 0) is 12.5 Å². The van der Waals surface area contributed by atoms with Crippen LogP contribution in [0.5, 0.6) is 0 Å². The average molecular weight is 164 g/mol. The minimum atomic E-state index is -1.14. The number of rotatable bonds is 1. The van der Waals surface area contributed by atoms with Gasteiger partial charge in [0.1, 0.15) is 0 Å². The normalized spacial score (nSPS) is 25.8. The summed E-state index contributed by atoms with van der Waals surface area (Å²) in [5.74, 6) is 0.355. The first-order chi connectivity index (χ1) is 4.24. The van der Waals surface area contributed by atoms with E-state index in [0.29, 0.717) is 5.88 Å². The van der Waals surface area contributed by atoms with Crippen molar-refractivity contribution >= 4 is 28.3 Å². The summed E-state index contributed by atoms with van der Waals surface area (Å²) in [7, 11) is -1.14. The number of hydrogen-bond donors (Lipinski definition) is 0. The Labute approximate surface area is 61.2 Å². The molecule has 0 aromatic carbocycles. The molecule has 0 saturated heterocycles. The van der Waals surface area contributed by atoms with Crippen LogP contribution in [0.4, 0.5) is 0 Å². The minimum absolute atomic E-state index is 0.355. The van der Waals surface area contributed by atoms with Crippen LogP contribution in [0.25, 0.3) is 0 Å². The zero-order chi connectivity index (χ0) is 6.85. The number of nitrogens with zero attached hydrogens (tertiary/aromatic N) is 1. The second-order valence-corrected chi connectivity index (χ2v) is 2.99. The highest BCUT2D eigenvalue weighted by Gasteiger charge is 2.09. The van der Waals surface area contributed by atoms with E-state index in [0.717, 1.165) is 11.3 Å². The van der Waals surface area contributed by atoms with Crippen LogP contribution in [0, 0.1) is 0 Å². The lowest BCUT2D eigenvalue weighted by atomic mass is 10.2. The van der Waals surface area contributed by atoms with Crippen LogP contribution < -0.4 is 0 Å². The fraction of sp³-hybridized carbons (Fsp3) is 0.400. The molecule has 9 heavy (non-hydrogen) atoms. The third kappa shape index (κ3) is 1.40. The summed E-state index contributed by atoms with van der Waals surface area (Å²) in [5.41, 5.74) is 1.68. The van der Waals surface area contributed by atoms with E-state index < -0.39 is 11.0 Å². The van der Waals surface area contributed by atoms with Crippen molar-refractivity contribution in [3.8, 4) is 0 Å². The molecule has 2 nitrogen and oxygen atoms in total. The second-order valence-electron chi connectivity index (χ2n) is 1.75. The molecular formula is C5H6ClNOS. The van der Waals surface area contributed by atoms with Gasteiger partial charge < -0.3 is 0 Å². The van der Waals surface area contributed by atoms with E-state index in [4.69, 9.17) is 11.6 Å². The van der Waals surface area contributed by atoms with Gasteiger partial charge in [-0.1, -0.05) is 0 Å². The molecule has 0 N–H and O–H groups in total. The molecule has 0 fully saturated rings. The third-order valence-electron chi connectivity index (χ3n) is 1.06. The largest absolute Gasteiger partial charge is 0.230 e. The number of alkyl halides is 1. The Balaban J connectivity index is 2.87. The molecule has 1 unspecified atom stereocenters. The van der Waals surface area contributed by atoms with Gasteiger partial charge in [-0.15, -0.1) is 11.6 Å². The summed E-state index contributed by atoms with van der Waals surface area (Å²) < 4.78 is 14.4. The van der Waals surface area contributed by atoms with Crippen molar-refractivity contribution in [2.75, 3.05) is 5.88 Å². The molecule has 1 aliphatic heterocycles. The Morgan fingerprint density at radius 2 is 2.56 bits per heavy atom. The van der Waals surface area contributed by atoms with E-state index in [9.17, 15) is 4.21 Å². The summed E-state index contributed by atoms with van der Waals surface area (Å²) in [6.07, 6.45) is 0. The summed E-state index contributed by atoms with van der Waals surface area (Å²) in [6.45, 7) is 1.85. The fourth-order valence-corrected chi connectivity index (χ4v) is 1.81. The molecule has 4 heteroatoms. The Morgan fingerprint density at radius 1 is 1.89 bits per heavy atom. The van der Waals surface area contributed by atoms with Gasteiger partial charge in [-0.3, -0.25) is 0 Å². The fourth-order valence-electron chi connectivity index (χ4n) is 0.556. The first kappa shape index (κ1) is 6.96. The van der Waals surface area contributed by atoms with Crippen LogP contribution in [-0.2, 0) is 11.0 Å². The smallest absolute Gasteiger partial charge is 0.165 e. The van der Waals surface area contributed by atoms with Crippen molar-refractivity contribution in [1.29, 1.82) is 0 Å². The predicted octanol–water partition coefficient (Wildman–Crippen LogP) is 1.25. The molecule has 0 aliphatic carbocycles. The Kier molecular flexibility index (Phi) is 2.03. The van der Waals surface area contributed by atoms with Gasteiger partial charge >= 0.3 is 0 Å². The molecule has 0 amide bonds. The highest BCUT2D eigenvalue weighted by molar-refractivity contribution is 7.87. The molecule has 0 spiro atoms. The van der Waals surface area contributed by atoms with E-state index in [1.54, 1.807) is 5.41 Å². The maximum atomic E-state index is 10.6. The number of allylic oxidation sites excluding steroid dienone is 1. The summed E-state index contributed by atoms with van der Waals surface area (Å²) >= 11 is 5.46. The van der Waals surface area contributed by atoms with E-state index >= 15 is 0 Å². The summed E-state index contributed by atoms with van der Waals surface area (Å²) in [6, 6.07) is 0. The SMILES string of the molecule is CC1=CS(=O)N=C1CCl. The Morgan fingerprint density at radius 3 is 2.78 bits per heavy atom. The molecule has 50 valence electrons. The Bertz CT molecular complexity index is 209. The van der Waals surface area contributed by atoms with Crippen molar-refractivity contribution < 1.29 is 4.21 Å². The maximum Gasteiger partial charge on any atom is 0.165 e. The standard InChI is InChI=1S/C5H6ClNOS/c1-4-3-9(8)7-5(4)2-6/h3H,2H2,1H3. The van der Waals surface area contributed by atoms with Crippen molar-refractivity contribution in [3.05, 3.63) is 11.0 Å². The molecule has 1 rings (SSSR count). The first-order valence-electron chi connectivity index (χ1n) is 2.47. The number of hydrogen-bond acceptors (Lipinski definition) is 1. The molecule has 0 aromatic heterocycles. The van der Waals surface area contributed by atoms with Gasteiger partial charge in [0.05, 0.1) is 11.6 Å². The zero-order valence-electron chi connectivity index (χ0n) is 4.93. The van der Waals surface area contributed by atoms with Gasteiger partial charge in [-0.25, -0.2) is 4.21 Å². The molecule has 0 aromatic rings. The van der Waals surface area contributed by atoms with Gasteiger partial charge in [0.15, 0.2) is 11.0 Å². The van der Waals surface area contributed by atoms with Crippen LogP contribution in [0.2, 0.25) is 0 Å². The lowest BCUT2D eigenvalue weighted by molar-refractivity contribution is 0.690. The van der Waals surface area contributed by atoms with E-state index in [1.165, 1.54) is 0 Å². The van der Waals surface area contributed by atoms with Crippen LogP contribution in [0.15, 0.2) is 15.4 Å². The topological polar surface area (TPSA) is 29.4 Å². The van der Waals surface area contributed by atoms with E-state index in [1.807, 2.05) is 6.92 Å². The molecule has 0 bridgehead atoms. The van der Waals surface area contributed by atoms with E-state index in [-0.39, 0.29) is 0 Å². The van der Waals surface area contributed by atoms with Gasteiger partial charge in [0, 0.05) is 5.41 Å². The monoisotopic (exact) mass is 163 g/mol. The molecule has 1 heterocycles. The lowest BCUT2D eigenvalue weighted by Crippen LogP contribution is -1.96. The molecule has 1 atom stereocenters. The first-order valence-corrected chi connectivity index (χ1v) is 4.17. The van der Waals surface area contributed by atoms with Gasteiger partial charge in [0.25, 0.3) is 0 Å². The van der Waals surface area contributed by atoms with Gasteiger partial charge in [0.2, 0.25) is 0 Å². The highest BCUT2D eigenvalue weighted by Crippen LogP contribution is 2.10. The quantitative estimate of drug-likeness (QED) is 0.535. The van der Waals surface area contributed by atoms with Crippen molar-refractivity contribution in [2.24, 2.45) is 4.40 Å². The second kappa shape index (κ2) is 2.62. The van der Waals surface area contributed by atoms with Crippen LogP contribution in [-0.4, -0.2) is 15.8 Å². The number of halogens is 1. The van der Waals surface area contributed by atoms with E-state index in [2.05, 4.69) is 4.40 Å². The maximum absolute atomic E-state index is 10.6. The Hall–Kier alpha value is -0.150. The molecular weight excluding hydrogens is 158 g/mol. The lowest BCUT2D eigenvalue weighted by Gasteiger charge is -1.89. The van der Waals surface area contributed by atoms with Crippen LogP contribution in [0.1, 0.15) is 6.92 Å². The molecule has 0 saturated carbocycles. The van der Waals surface area contributed by atoms with Crippen molar-refractivity contribution in [3.63, 3.8) is 0 Å². The third-order valence-corrected chi connectivity index (χ3v) is 2.27. The summed E-state index contributed by atoms with van der Waals surface area (Å²) in [4.78, 5) is 0. The van der Waals surface area contributed by atoms with Crippen LogP contribution in [0.3, 0.4) is 0 Å². The average Bonchev–Trinajstić information content (AvgIpc) is 2.10. The molecule has 0 radical (unpaired) electrons. The van der Waals surface area contributed by atoms with Crippen molar-refractivity contribution in [2.45, 2.75) is 6.92 Å². The minimum Gasteiger partial charge on any atom is -0.230 e.